The summed E-state index contributed by atoms with van der Waals surface area (Å²) in [5, 5.41) is 2.95. The van der Waals surface area contributed by atoms with Crippen molar-refractivity contribution in [3.8, 4) is 0 Å². The number of halogens is 1. The van der Waals surface area contributed by atoms with Crippen LogP contribution in [0.1, 0.15) is 28.8 Å². The first-order valence-electron chi connectivity index (χ1n) is 6.39. The molecule has 0 saturated heterocycles. The molecule has 0 aliphatic heterocycles. The summed E-state index contributed by atoms with van der Waals surface area (Å²) < 4.78 is 0.914. The number of nitrogens with one attached hydrogen (secondary N) is 1. The molecule has 2 aromatic carbocycles. The Hall–Kier alpha value is -1.26. The van der Waals surface area contributed by atoms with Crippen molar-refractivity contribution in [2.45, 2.75) is 17.7 Å². The van der Waals surface area contributed by atoms with E-state index in [1.807, 2.05) is 30.3 Å². The summed E-state index contributed by atoms with van der Waals surface area (Å²) in [6.45, 7) is 2.70. The third kappa shape index (κ3) is 3.87. The fourth-order valence-electron chi connectivity index (χ4n) is 1.94. The molecule has 0 spiro atoms. The maximum atomic E-state index is 12.1. The lowest BCUT2D eigenvalue weighted by molar-refractivity contribution is 0.0949. The monoisotopic (exact) mass is 349 g/mol. The number of amides is 1. The van der Waals surface area contributed by atoms with Gasteiger partial charge in [0.15, 0.2) is 0 Å². The third-order valence-corrected chi connectivity index (χ3v) is 4.01. The van der Waals surface area contributed by atoms with E-state index >= 15 is 0 Å². The molecule has 0 heterocycles. The van der Waals surface area contributed by atoms with Crippen molar-refractivity contribution >= 4 is 34.5 Å². The van der Waals surface area contributed by atoms with Crippen LogP contribution in [0.15, 0.2) is 57.9 Å². The number of hydrogen-bond donors (Lipinski definition) is 2. The van der Waals surface area contributed by atoms with Gasteiger partial charge in [-0.15, -0.1) is 12.6 Å². The van der Waals surface area contributed by atoms with Crippen molar-refractivity contribution in [1.82, 2.24) is 5.32 Å². The van der Waals surface area contributed by atoms with Crippen molar-refractivity contribution in [3.05, 3.63) is 64.1 Å². The van der Waals surface area contributed by atoms with Crippen LogP contribution in [0.3, 0.4) is 0 Å². The van der Waals surface area contributed by atoms with Gasteiger partial charge in [-0.25, -0.2) is 0 Å². The molecular formula is C16H16BrNOS. The van der Waals surface area contributed by atoms with Gasteiger partial charge in [0.2, 0.25) is 0 Å². The van der Waals surface area contributed by atoms with Crippen LogP contribution >= 0.6 is 28.6 Å². The molecule has 1 amide bonds. The van der Waals surface area contributed by atoms with Crippen LogP contribution in [0.5, 0.6) is 0 Å². The fraction of sp³-hybridized carbons (Fsp3) is 0.188. The largest absolute Gasteiger partial charge is 0.351 e. The molecule has 2 rings (SSSR count). The average Bonchev–Trinajstić information content (AvgIpc) is 2.45. The Bertz CT molecular complexity index is 601. The van der Waals surface area contributed by atoms with E-state index in [9.17, 15) is 4.79 Å². The van der Waals surface area contributed by atoms with Gasteiger partial charge in [-0.1, -0.05) is 53.2 Å². The normalized spacial score (nSPS) is 11.9. The molecule has 4 heteroatoms. The molecular weight excluding hydrogens is 334 g/mol. The minimum absolute atomic E-state index is 0.0923. The summed E-state index contributed by atoms with van der Waals surface area (Å²) in [7, 11) is 0. The zero-order chi connectivity index (χ0) is 14.5. The molecule has 1 N–H and O–H groups in total. The lowest BCUT2D eigenvalue weighted by Crippen LogP contribution is -2.27. The molecule has 2 aromatic rings. The molecule has 20 heavy (non-hydrogen) atoms. The zero-order valence-corrected chi connectivity index (χ0v) is 13.6. The minimum atomic E-state index is -0.0923. The van der Waals surface area contributed by atoms with Gasteiger partial charge in [0, 0.05) is 15.9 Å². The van der Waals surface area contributed by atoms with Crippen molar-refractivity contribution < 1.29 is 4.79 Å². The Morgan fingerprint density at radius 3 is 2.60 bits per heavy atom. The highest BCUT2D eigenvalue weighted by molar-refractivity contribution is 9.10. The van der Waals surface area contributed by atoms with Gasteiger partial charge in [0.1, 0.15) is 0 Å². The number of rotatable bonds is 4. The highest BCUT2D eigenvalue weighted by Crippen LogP contribution is 2.20. The number of carbonyl (C=O) groups is 1. The summed E-state index contributed by atoms with van der Waals surface area (Å²) in [5.74, 6) is 0.184. The van der Waals surface area contributed by atoms with Crippen molar-refractivity contribution in [3.63, 3.8) is 0 Å². The van der Waals surface area contributed by atoms with Crippen LogP contribution in [-0.2, 0) is 0 Å². The third-order valence-electron chi connectivity index (χ3n) is 3.14. The second-order valence-corrected chi connectivity index (χ2v) is 6.08. The number of thiol groups is 1. The Morgan fingerprint density at radius 2 is 1.95 bits per heavy atom. The first-order valence-corrected chi connectivity index (χ1v) is 7.63. The standard InChI is InChI=1S/C16H16BrNOS/c1-11(12-5-3-2-4-6-12)10-18-16(19)14-8-7-13(17)9-15(14)20/h2-9,11,20H,10H2,1H3,(H,18,19). The molecule has 0 bridgehead atoms. The Morgan fingerprint density at radius 1 is 1.25 bits per heavy atom. The lowest BCUT2D eigenvalue weighted by atomic mass is 10.0. The van der Waals surface area contributed by atoms with Crippen LogP contribution in [0.2, 0.25) is 0 Å². The predicted octanol–water partition coefficient (Wildman–Crippen LogP) is 4.27. The van der Waals surface area contributed by atoms with Crippen LogP contribution in [0.25, 0.3) is 0 Å². The quantitative estimate of drug-likeness (QED) is 0.793. The lowest BCUT2D eigenvalue weighted by Gasteiger charge is -2.13. The van der Waals surface area contributed by atoms with Gasteiger partial charge in [0.25, 0.3) is 5.91 Å². The van der Waals surface area contributed by atoms with E-state index in [0.717, 1.165) is 4.47 Å². The van der Waals surface area contributed by atoms with E-state index in [4.69, 9.17) is 0 Å². The number of benzene rings is 2. The van der Waals surface area contributed by atoms with Crippen LogP contribution < -0.4 is 5.32 Å². The van der Waals surface area contributed by atoms with E-state index in [-0.39, 0.29) is 11.8 Å². The molecule has 2 nitrogen and oxygen atoms in total. The van der Waals surface area contributed by atoms with Crippen molar-refractivity contribution in [2.75, 3.05) is 6.54 Å². The van der Waals surface area contributed by atoms with Gasteiger partial charge in [0.05, 0.1) is 5.56 Å². The van der Waals surface area contributed by atoms with Crippen LogP contribution in [0, 0.1) is 0 Å². The molecule has 1 atom stereocenters. The Kier molecular flexibility index (Phi) is 5.26. The van der Waals surface area contributed by atoms with E-state index in [1.54, 1.807) is 6.07 Å². The molecule has 0 aromatic heterocycles. The maximum absolute atomic E-state index is 12.1. The number of carbonyl (C=O) groups excluding carboxylic acids is 1. The molecule has 0 saturated carbocycles. The second-order valence-electron chi connectivity index (χ2n) is 4.68. The van der Waals surface area contributed by atoms with E-state index < -0.39 is 0 Å². The average molecular weight is 350 g/mol. The van der Waals surface area contributed by atoms with Gasteiger partial charge < -0.3 is 5.32 Å². The highest BCUT2D eigenvalue weighted by atomic mass is 79.9. The molecule has 0 radical (unpaired) electrons. The highest BCUT2D eigenvalue weighted by Gasteiger charge is 2.11. The van der Waals surface area contributed by atoms with Gasteiger partial charge >= 0.3 is 0 Å². The topological polar surface area (TPSA) is 29.1 Å². The van der Waals surface area contributed by atoms with E-state index in [1.165, 1.54) is 5.56 Å². The Balaban J connectivity index is 1.99. The summed E-state index contributed by atoms with van der Waals surface area (Å²) in [6, 6.07) is 15.6. The SMILES string of the molecule is CC(CNC(=O)c1ccc(Br)cc1S)c1ccccc1. The second kappa shape index (κ2) is 6.95. The van der Waals surface area contributed by atoms with E-state index in [2.05, 4.69) is 52.9 Å². The van der Waals surface area contributed by atoms with Gasteiger partial charge in [-0.3, -0.25) is 4.79 Å². The smallest absolute Gasteiger partial charge is 0.252 e. The molecule has 0 fully saturated rings. The summed E-state index contributed by atoms with van der Waals surface area (Å²) in [6.07, 6.45) is 0. The van der Waals surface area contributed by atoms with Crippen LogP contribution in [0.4, 0.5) is 0 Å². The predicted molar refractivity (Wildman–Crippen MR) is 88.6 cm³/mol. The maximum Gasteiger partial charge on any atom is 0.252 e. The minimum Gasteiger partial charge on any atom is -0.351 e. The molecule has 104 valence electrons. The van der Waals surface area contributed by atoms with Gasteiger partial charge in [-0.2, -0.15) is 0 Å². The van der Waals surface area contributed by atoms with Gasteiger partial charge in [-0.05, 0) is 29.7 Å². The Labute approximate surface area is 133 Å². The first-order chi connectivity index (χ1) is 9.58. The zero-order valence-electron chi connectivity index (χ0n) is 11.1. The van der Waals surface area contributed by atoms with Crippen molar-refractivity contribution in [1.29, 1.82) is 0 Å². The fourth-order valence-corrected chi connectivity index (χ4v) is 2.79. The summed E-state index contributed by atoms with van der Waals surface area (Å²) >= 11 is 7.69. The van der Waals surface area contributed by atoms with E-state index in [0.29, 0.717) is 17.0 Å². The summed E-state index contributed by atoms with van der Waals surface area (Å²) in [5.41, 5.74) is 1.81. The van der Waals surface area contributed by atoms with Crippen LogP contribution in [-0.4, -0.2) is 12.5 Å². The van der Waals surface area contributed by atoms with Crippen molar-refractivity contribution in [2.24, 2.45) is 0 Å². The molecule has 0 aliphatic rings. The molecule has 0 aliphatic carbocycles. The molecule has 1 unspecified atom stereocenters. The number of hydrogen-bond acceptors (Lipinski definition) is 2. The first kappa shape index (κ1) is 15.1. The summed E-state index contributed by atoms with van der Waals surface area (Å²) in [4.78, 5) is 12.8.